The maximum atomic E-state index is 13.9. The summed E-state index contributed by atoms with van der Waals surface area (Å²) in [6.45, 7) is 8.78. The Labute approximate surface area is 219 Å². The minimum atomic E-state index is -0.923. The number of thiophene rings is 1. The minimum absolute atomic E-state index is 0.00665. The predicted molar refractivity (Wildman–Crippen MR) is 144 cm³/mol. The van der Waals surface area contributed by atoms with Crippen LogP contribution in [0.2, 0.25) is 0 Å². The predicted octanol–water partition coefficient (Wildman–Crippen LogP) is 7.06. The van der Waals surface area contributed by atoms with Crippen molar-refractivity contribution in [1.29, 1.82) is 0 Å². The second kappa shape index (κ2) is 11.4. The first kappa shape index (κ1) is 26.8. The van der Waals surface area contributed by atoms with E-state index in [1.54, 1.807) is 6.20 Å². The number of aromatic nitrogens is 3. The molecule has 8 heteroatoms. The van der Waals surface area contributed by atoms with Gasteiger partial charge in [-0.05, 0) is 75.2 Å². The molecule has 1 amide bonds. The van der Waals surface area contributed by atoms with E-state index in [2.05, 4.69) is 37.1 Å². The van der Waals surface area contributed by atoms with E-state index < -0.39 is 5.97 Å². The maximum absolute atomic E-state index is 13.9. The normalized spacial score (nSPS) is 23.3. The first-order valence-corrected chi connectivity index (χ1v) is 14.6. The number of amides is 1. The Hall–Kier alpha value is -2.22. The van der Waals surface area contributed by atoms with E-state index in [1.165, 1.54) is 11.3 Å². The zero-order chi connectivity index (χ0) is 25.9. The highest BCUT2D eigenvalue weighted by Gasteiger charge is 2.37. The standard InChI is InChI=1S/C28H42N4O3S/c1-5-6-7-19(2)26(33)32(22-10-8-21(9-11-22)31-17-16-29-30-31)23-18-24(36-25(23)27(34)35)20-12-14-28(3,4)15-13-20/h16-22H,5-15H2,1-4H3,(H,34,35). The molecule has 7 nitrogen and oxygen atoms in total. The van der Waals surface area contributed by atoms with E-state index in [0.717, 1.165) is 75.5 Å². The molecule has 198 valence electrons. The number of hydrogen-bond acceptors (Lipinski definition) is 5. The average molecular weight is 515 g/mol. The summed E-state index contributed by atoms with van der Waals surface area (Å²) in [5.74, 6) is -0.595. The number of carbonyl (C=O) groups is 2. The Kier molecular flexibility index (Phi) is 8.53. The van der Waals surface area contributed by atoms with Crippen LogP contribution in [-0.2, 0) is 4.79 Å². The van der Waals surface area contributed by atoms with Gasteiger partial charge >= 0.3 is 5.97 Å². The van der Waals surface area contributed by atoms with Crippen LogP contribution in [0.5, 0.6) is 0 Å². The molecule has 0 aromatic carbocycles. The summed E-state index contributed by atoms with van der Waals surface area (Å²) in [4.78, 5) is 29.7. The third-order valence-corrected chi connectivity index (χ3v) is 9.70. The number of rotatable bonds is 9. The number of carboxylic acids is 1. The van der Waals surface area contributed by atoms with Crippen LogP contribution in [0.25, 0.3) is 0 Å². The fourth-order valence-electron chi connectivity index (χ4n) is 5.98. The molecule has 0 spiro atoms. The van der Waals surface area contributed by atoms with Crippen LogP contribution in [0.1, 0.15) is 125 Å². The first-order valence-electron chi connectivity index (χ1n) is 13.8. The smallest absolute Gasteiger partial charge is 0.348 e. The quantitative estimate of drug-likeness (QED) is 0.387. The van der Waals surface area contributed by atoms with Gasteiger partial charge in [0.15, 0.2) is 0 Å². The second-order valence-corrected chi connectivity index (χ2v) is 12.8. The van der Waals surface area contributed by atoms with Crippen LogP contribution in [0.3, 0.4) is 0 Å². The molecule has 1 unspecified atom stereocenters. The molecule has 1 N–H and O–H groups in total. The lowest BCUT2D eigenvalue weighted by Crippen LogP contribution is -2.45. The zero-order valence-corrected chi connectivity index (χ0v) is 23.1. The molecule has 0 saturated heterocycles. The van der Waals surface area contributed by atoms with Crippen molar-refractivity contribution in [2.24, 2.45) is 11.3 Å². The summed E-state index contributed by atoms with van der Waals surface area (Å²) in [6.07, 6.45) is 14.4. The van der Waals surface area contributed by atoms with Crippen molar-refractivity contribution < 1.29 is 14.7 Å². The van der Waals surface area contributed by atoms with Gasteiger partial charge in [-0.3, -0.25) is 4.79 Å². The lowest BCUT2D eigenvalue weighted by Gasteiger charge is -2.38. The van der Waals surface area contributed by atoms with E-state index in [-0.39, 0.29) is 23.9 Å². The van der Waals surface area contributed by atoms with E-state index >= 15 is 0 Å². The van der Waals surface area contributed by atoms with Crippen LogP contribution in [0.15, 0.2) is 18.5 Å². The fourth-order valence-corrected chi connectivity index (χ4v) is 7.13. The van der Waals surface area contributed by atoms with Crippen molar-refractivity contribution in [2.75, 3.05) is 4.90 Å². The lowest BCUT2D eigenvalue weighted by molar-refractivity contribution is -0.122. The first-order chi connectivity index (χ1) is 17.2. The highest BCUT2D eigenvalue weighted by atomic mass is 32.1. The molecular weight excluding hydrogens is 472 g/mol. The summed E-state index contributed by atoms with van der Waals surface area (Å²) in [5.41, 5.74) is 0.982. The number of carbonyl (C=O) groups excluding carboxylic acids is 1. The van der Waals surface area contributed by atoms with Gasteiger partial charge < -0.3 is 10.0 Å². The van der Waals surface area contributed by atoms with Crippen LogP contribution in [0.4, 0.5) is 5.69 Å². The molecule has 4 rings (SSSR count). The summed E-state index contributed by atoms with van der Waals surface area (Å²) in [7, 11) is 0. The highest BCUT2D eigenvalue weighted by molar-refractivity contribution is 7.14. The van der Waals surface area contributed by atoms with Crippen molar-refractivity contribution >= 4 is 28.9 Å². The third-order valence-electron chi connectivity index (χ3n) is 8.42. The molecule has 2 saturated carbocycles. The lowest BCUT2D eigenvalue weighted by atomic mass is 9.73. The maximum Gasteiger partial charge on any atom is 0.348 e. The summed E-state index contributed by atoms with van der Waals surface area (Å²) in [6, 6.07) is 2.35. The number of nitrogens with zero attached hydrogens (tertiary/aromatic N) is 4. The van der Waals surface area contributed by atoms with Gasteiger partial charge in [-0.25, -0.2) is 9.48 Å². The highest BCUT2D eigenvalue weighted by Crippen LogP contribution is 2.47. The van der Waals surface area contributed by atoms with Gasteiger partial charge in [0.2, 0.25) is 5.91 Å². The molecule has 0 radical (unpaired) electrons. The molecule has 2 aliphatic carbocycles. The molecule has 2 aromatic rings. The third kappa shape index (κ3) is 6.01. The van der Waals surface area contributed by atoms with Crippen molar-refractivity contribution in [1.82, 2.24) is 15.0 Å². The van der Waals surface area contributed by atoms with Gasteiger partial charge in [0.25, 0.3) is 0 Å². The molecule has 2 heterocycles. The topological polar surface area (TPSA) is 88.3 Å². The summed E-state index contributed by atoms with van der Waals surface area (Å²) >= 11 is 1.40. The van der Waals surface area contributed by atoms with E-state index in [9.17, 15) is 14.7 Å². The largest absolute Gasteiger partial charge is 0.477 e. The minimum Gasteiger partial charge on any atom is -0.477 e. The van der Waals surface area contributed by atoms with Gasteiger partial charge in [0.05, 0.1) is 17.9 Å². The Morgan fingerprint density at radius 3 is 2.47 bits per heavy atom. The van der Waals surface area contributed by atoms with Crippen molar-refractivity contribution in [2.45, 2.75) is 116 Å². The monoisotopic (exact) mass is 514 g/mol. The van der Waals surface area contributed by atoms with Crippen molar-refractivity contribution in [3.05, 3.63) is 28.2 Å². The Bertz CT molecular complexity index is 1010. The number of hydrogen-bond donors (Lipinski definition) is 1. The summed E-state index contributed by atoms with van der Waals surface area (Å²) < 4.78 is 1.92. The number of carboxylic acid groups (broad SMARTS) is 1. The van der Waals surface area contributed by atoms with E-state index in [4.69, 9.17) is 0 Å². The van der Waals surface area contributed by atoms with Crippen LogP contribution in [0, 0.1) is 11.3 Å². The average Bonchev–Trinajstić information content (AvgIpc) is 3.54. The number of aromatic carboxylic acids is 1. The van der Waals surface area contributed by atoms with Gasteiger partial charge in [-0.2, -0.15) is 0 Å². The molecule has 0 aliphatic heterocycles. The molecule has 0 bridgehead atoms. The van der Waals surface area contributed by atoms with Crippen LogP contribution in [-0.4, -0.2) is 38.0 Å². The Morgan fingerprint density at radius 2 is 1.89 bits per heavy atom. The van der Waals surface area contributed by atoms with Gasteiger partial charge in [0, 0.05) is 23.0 Å². The van der Waals surface area contributed by atoms with E-state index in [1.807, 2.05) is 22.7 Å². The van der Waals surface area contributed by atoms with E-state index in [0.29, 0.717) is 21.9 Å². The second-order valence-electron chi connectivity index (χ2n) is 11.7. The number of anilines is 1. The Morgan fingerprint density at radius 1 is 1.19 bits per heavy atom. The molecule has 2 aromatic heterocycles. The van der Waals surface area contributed by atoms with Crippen molar-refractivity contribution in [3.63, 3.8) is 0 Å². The molecule has 2 aliphatic rings. The molecule has 1 atom stereocenters. The van der Waals surface area contributed by atoms with Crippen LogP contribution >= 0.6 is 11.3 Å². The number of unbranched alkanes of at least 4 members (excludes halogenated alkanes) is 1. The van der Waals surface area contributed by atoms with Gasteiger partial charge in [0.1, 0.15) is 4.88 Å². The fraction of sp³-hybridized carbons (Fsp3) is 0.714. The Balaban J connectivity index is 1.62. The molecule has 36 heavy (non-hydrogen) atoms. The summed E-state index contributed by atoms with van der Waals surface area (Å²) in [5, 5.41) is 18.3. The molecular formula is C28H42N4O3S. The zero-order valence-electron chi connectivity index (χ0n) is 22.3. The SMILES string of the molecule is CCCCC(C)C(=O)N(c1cc(C2CCC(C)(C)CC2)sc1C(=O)O)C1CCC(n2ccnn2)CC1. The van der Waals surface area contributed by atoms with Crippen molar-refractivity contribution in [3.8, 4) is 0 Å². The molecule has 2 fully saturated rings. The van der Waals surface area contributed by atoms with Gasteiger partial charge in [-0.1, -0.05) is 45.7 Å². The van der Waals surface area contributed by atoms with Crippen LogP contribution < -0.4 is 4.90 Å². The van der Waals surface area contributed by atoms with Gasteiger partial charge in [-0.15, -0.1) is 16.4 Å².